The van der Waals surface area contributed by atoms with E-state index in [1.54, 1.807) is 0 Å². The maximum Gasteiger partial charge on any atom is 0.416 e. The van der Waals surface area contributed by atoms with E-state index in [1.807, 2.05) is 0 Å². The predicted octanol–water partition coefficient (Wildman–Crippen LogP) is 4.68. The van der Waals surface area contributed by atoms with E-state index in [0.717, 1.165) is 12.1 Å². The molecule has 3 nitrogen and oxygen atoms in total. The Hall–Kier alpha value is -1.65. The van der Waals surface area contributed by atoms with Gasteiger partial charge in [0.15, 0.2) is 0 Å². The summed E-state index contributed by atoms with van der Waals surface area (Å²) in [5.41, 5.74) is 7.48. The lowest BCUT2D eigenvalue weighted by Crippen LogP contribution is -2.04. The second-order valence-corrected chi connectivity index (χ2v) is 3.46. The van der Waals surface area contributed by atoms with Crippen LogP contribution in [0.4, 0.5) is 13.2 Å². The molecule has 0 aliphatic heterocycles. The van der Waals surface area contributed by atoms with Gasteiger partial charge in [-0.05, 0) is 29.3 Å². The molecule has 0 fully saturated rings. The van der Waals surface area contributed by atoms with Gasteiger partial charge in [-0.1, -0.05) is 28.9 Å². The molecule has 0 aromatic heterocycles. The highest BCUT2D eigenvalue weighted by Gasteiger charge is 2.30. The van der Waals surface area contributed by atoms with Crippen molar-refractivity contribution in [3.05, 3.63) is 50.9 Å². The Morgan fingerprint density at radius 1 is 1.41 bits per heavy atom. The van der Waals surface area contributed by atoms with Crippen LogP contribution in [0.1, 0.15) is 11.1 Å². The second-order valence-electron chi connectivity index (χ2n) is 3.05. The predicted molar refractivity (Wildman–Crippen MR) is 59.5 cm³/mol. The molecule has 0 spiro atoms. The van der Waals surface area contributed by atoms with E-state index in [-0.39, 0.29) is 17.1 Å². The molecule has 0 N–H and O–H groups in total. The van der Waals surface area contributed by atoms with E-state index >= 15 is 0 Å². The molecule has 0 aliphatic rings. The number of benzene rings is 1. The van der Waals surface area contributed by atoms with Crippen LogP contribution in [0.5, 0.6) is 0 Å². The van der Waals surface area contributed by atoms with Crippen molar-refractivity contribution in [1.29, 1.82) is 0 Å². The summed E-state index contributed by atoms with van der Waals surface area (Å²) in [7, 11) is 0. The first-order chi connectivity index (χ1) is 7.95. The summed E-state index contributed by atoms with van der Waals surface area (Å²) in [6, 6.07) is 3.03. The molecule has 0 aliphatic carbocycles. The van der Waals surface area contributed by atoms with Gasteiger partial charge in [-0.2, -0.15) is 13.2 Å². The first kappa shape index (κ1) is 13.4. The molecule has 0 heterocycles. The molecule has 0 atom stereocenters. The van der Waals surface area contributed by atoms with Crippen LogP contribution in [0.3, 0.4) is 0 Å². The van der Waals surface area contributed by atoms with Gasteiger partial charge >= 0.3 is 6.18 Å². The van der Waals surface area contributed by atoms with Gasteiger partial charge in [-0.25, -0.2) is 0 Å². The molecule has 1 aromatic rings. The Balaban J connectivity index is 2.99. The SMILES string of the molecule is [N-]=[N+]=NCC=Cc1cc(C(F)(F)F)ccc1Cl. The van der Waals surface area contributed by atoms with E-state index in [0.29, 0.717) is 0 Å². The average molecular weight is 262 g/mol. The Kier molecular flexibility index (Phi) is 4.43. The number of azide groups is 1. The normalized spacial score (nSPS) is 11.5. The van der Waals surface area contributed by atoms with Crippen molar-refractivity contribution in [3.8, 4) is 0 Å². The van der Waals surface area contributed by atoms with E-state index in [1.165, 1.54) is 18.2 Å². The second kappa shape index (κ2) is 5.61. The molecule has 17 heavy (non-hydrogen) atoms. The molecule has 90 valence electrons. The zero-order valence-corrected chi connectivity index (χ0v) is 9.20. The van der Waals surface area contributed by atoms with Crippen molar-refractivity contribution < 1.29 is 13.2 Å². The highest BCUT2D eigenvalue weighted by atomic mass is 35.5. The lowest BCUT2D eigenvalue weighted by molar-refractivity contribution is -0.137. The van der Waals surface area contributed by atoms with E-state index in [9.17, 15) is 13.2 Å². The largest absolute Gasteiger partial charge is 0.416 e. The van der Waals surface area contributed by atoms with Crippen LogP contribution in [0.15, 0.2) is 29.4 Å². The minimum absolute atomic E-state index is 0.0586. The lowest BCUT2D eigenvalue weighted by atomic mass is 10.1. The molecule has 0 radical (unpaired) electrons. The van der Waals surface area contributed by atoms with Crippen LogP contribution >= 0.6 is 11.6 Å². The van der Waals surface area contributed by atoms with Crippen LogP contribution in [-0.2, 0) is 6.18 Å². The summed E-state index contributed by atoms with van der Waals surface area (Å²) < 4.78 is 37.2. The van der Waals surface area contributed by atoms with Gasteiger partial charge in [0.2, 0.25) is 0 Å². The Morgan fingerprint density at radius 2 is 2.12 bits per heavy atom. The minimum atomic E-state index is -4.40. The molecular formula is C10H7ClF3N3. The first-order valence-corrected chi connectivity index (χ1v) is 4.87. The molecule has 1 aromatic carbocycles. The van der Waals surface area contributed by atoms with Crippen molar-refractivity contribution in [2.75, 3.05) is 6.54 Å². The first-order valence-electron chi connectivity index (χ1n) is 4.49. The van der Waals surface area contributed by atoms with Gasteiger partial charge < -0.3 is 0 Å². The van der Waals surface area contributed by atoms with Gasteiger partial charge in [0, 0.05) is 16.5 Å². The number of hydrogen-bond donors (Lipinski definition) is 0. The topological polar surface area (TPSA) is 48.8 Å². The Bertz CT molecular complexity index is 476. The van der Waals surface area contributed by atoms with Crippen LogP contribution in [0.2, 0.25) is 5.02 Å². The average Bonchev–Trinajstić information content (AvgIpc) is 2.25. The standard InChI is InChI=1S/C10H7ClF3N3/c11-9-4-3-8(10(12,13)14)6-7(9)2-1-5-16-17-15/h1-4,6H,5H2. The third-order valence-electron chi connectivity index (χ3n) is 1.87. The number of halogens is 4. The number of hydrogen-bond acceptors (Lipinski definition) is 1. The quantitative estimate of drug-likeness (QED) is 0.431. The summed E-state index contributed by atoms with van der Waals surface area (Å²) >= 11 is 5.74. The molecule has 7 heteroatoms. The molecule has 0 amide bonds. The van der Waals surface area contributed by atoms with Gasteiger partial charge in [-0.3, -0.25) is 0 Å². The van der Waals surface area contributed by atoms with Crippen LogP contribution in [-0.4, -0.2) is 6.54 Å². The number of rotatable bonds is 3. The summed E-state index contributed by atoms with van der Waals surface area (Å²) in [6.07, 6.45) is -1.59. The van der Waals surface area contributed by atoms with Crippen molar-refractivity contribution >= 4 is 17.7 Å². The maximum atomic E-state index is 12.4. The monoisotopic (exact) mass is 261 g/mol. The van der Waals surface area contributed by atoms with E-state index < -0.39 is 11.7 Å². The molecule has 0 unspecified atom stereocenters. The van der Waals surface area contributed by atoms with Gasteiger partial charge in [0.05, 0.1) is 5.56 Å². The van der Waals surface area contributed by atoms with Crippen LogP contribution in [0, 0.1) is 0 Å². The van der Waals surface area contributed by atoms with Crippen molar-refractivity contribution in [2.24, 2.45) is 5.11 Å². The number of nitrogens with zero attached hydrogens (tertiary/aromatic N) is 3. The Labute approximate surface area is 100 Å². The van der Waals surface area contributed by atoms with E-state index in [4.69, 9.17) is 17.1 Å². The molecule has 0 saturated carbocycles. The fraction of sp³-hybridized carbons (Fsp3) is 0.200. The zero-order valence-electron chi connectivity index (χ0n) is 8.45. The fourth-order valence-corrected chi connectivity index (χ4v) is 1.29. The van der Waals surface area contributed by atoms with Crippen molar-refractivity contribution in [1.82, 2.24) is 0 Å². The highest BCUT2D eigenvalue weighted by Crippen LogP contribution is 2.32. The zero-order chi connectivity index (χ0) is 12.9. The fourth-order valence-electron chi connectivity index (χ4n) is 1.11. The van der Waals surface area contributed by atoms with E-state index in [2.05, 4.69) is 10.0 Å². The van der Waals surface area contributed by atoms with Crippen molar-refractivity contribution in [2.45, 2.75) is 6.18 Å². The summed E-state index contributed by atoms with van der Waals surface area (Å²) in [4.78, 5) is 2.51. The summed E-state index contributed by atoms with van der Waals surface area (Å²) in [6.45, 7) is 0.0586. The third-order valence-corrected chi connectivity index (χ3v) is 2.22. The summed E-state index contributed by atoms with van der Waals surface area (Å²) in [5, 5.41) is 3.42. The Morgan fingerprint density at radius 3 is 2.71 bits per heavy atom. The third kappa shape index (κ3) is 4.01. The van der Waals surface area contributed by atoms with Crippen LogP contribution < -0.4 is 0 Å². The molecule has 1 rings (SSSR count). The lowest BCUT2D eigenvalue weighted by Gasteiger charge is -2.08. The van der Waals surface area contributed by atoms with Gasteiger partial charge in [-0.15, -0.1) is 0 Å². The van der Waals surface area contributed by atoms with Crippen LogP contribution in [0.25, 0.3) is 16.5 Å². The molecule has 0 bridgehead atoms. The van der Waals surface area contributed by atoms with Gasteiger partial charge in [0.1, 0.15) is 0 Å². The molecule has 0 saturated heterocycles. The smallest absolute Gasteiger partial charge is 0.166 e. The maximum absolute atomic E-state index is 12.4. The minimum Gasteiger partial charge on any atom is -0.166 e. The summed E-state index contributed by atoms with van der Waals surface area (Å²) in [5.74, 6) is 0. The molecular weight excluding hydrogens is 255 g/mol. The highest BCUT2D eigenvalue weighted by molar-refractivity contribution is 6.32. The number of alkyl halides is 3. The van der Waals surface area contributed by atoms with Crippen molar-refractivity contribution in [3.63, 3.8) is 0 Å². The van der Waals surface area contributed by atoms with Gasteiger partial charge in [0.25, 0.3) is 0 Å².